The molecule has 0 radical (unpaired) electrons. The first-order valence-electron chi connectivity index (χ1n) is 7.22. The number of hydrogen-bond donors (Lipinski definition) is 1. The Bertz CT molecular complexity index is 532. The lowest BCUT2D eigenvalue weighted by Crippen LogP contribution is -2.48. The average molecular weight is 314 g/mol. The van der Waals surface area contributed by atoms with Gasteiger partial charge in [-0.25, -0.2) is 9.89 Å². The molecule has 1 fully saturated rings. The summed E-state index contributed by atoms with van der Waals surface area (Å²) < 4.78 is 7.19. The monoisotopic (exact) mass is 314 g/mol. The number of H-pyrrole nitrogens is 1. The molecule has 118 valence electrons. The van der Waals surface area contributed by atoms with Crippen LogP contribution in [-0.4, -0.2) is 56.6 Å². The van der Waals surface area contributed by atoms with Crippen molar-refractivity contribution in [3.8, 4) is 0 Å². The summed E-state index contributed by atoms with van der Waals surface area (Å²) in [6.07, 6.45) is 0.970. The van der Waals surface area contributed by atoms with Crippen LogP contribution in [0.4, 0.5) is 0 Å². The van der Waals surface area contributed by atoms with Gasteiger partial charge in [0.2, 0.25) is 5.91 Å². The van der Waals surface area contributed by atoms with Crippen LogP contribution in [0, 0.1) is 0 Å². The van der Waals surface area contributed by atoms with E-state index in [1.54, 1.807) is 4.57 Å². The van der Waals surface area contributed by atoms with E-state index in [1.165, 1.54) is 11.8 Å². The zero-order valence-corrected chi connectivity index (χ0v) is 13.5. The van der Waals surface area contributed by atoms with Gasteiger partial charge < -0.3 is 9.64 Å². The lowest BCUT2D eigenvalue weighted by molar-refractivity contribution is -0.140. The number of carbonyl (C=O) groups excluding carboxylic acids is 1. The highest BCUT2D eigenvalue weighted by atomic mass is 32.2. The Morgan fingerprint density at radius 1 is 1.43 bits per heavy atom. The number of morpholine rings is 1. The molecule has 0 spiro atoms. The molecule has 1 saturated heterocycles. The Morgan fingerprint density at radius 3 is 2.71 bits per heavy atom. The molecule has 0 aliphatic carbocycles. The molecule has 0 unspecified atom stereocenters. The van der Waals surface area contributed by atoms with Crippen LogP contribution in [0.5, 0.6) is 0 Å². The summed E-state index contributed by atoms with van der Waals surface area (Å²) in [6, 6.07) is 0. The first kappa shape index (κ1) is 16.1. The average Bonchev–Trinajstić information content (AvgIpc) is 2.77. The van der Waals surface area contributed by atoms with Crippen molar-refractivity contribution in [3.05, 3.63) is 10.5 Å². The van der Waals surface area contributed by atoms with E-state index < -0.39 is 0 Å². The van der Waals surface area contributed by atoms with Gasteiger partial charge in [-0.15, -0.1) is 5.10 Å². The molecule has 7 nitrogen and oxygen atoms in total. The minimum absolute atomic E-state index is 0.0560. The van der Waals surface area contributed by atoms with Crippen LogP contribution in [0.25, 0.3) is 0 Å². The molecule has 0 bridgehead atoms. The third-order valence-electron chi connectivity index (χ3n) is 3.27. The zero-order chi connectivity index (χ0) is 15.4. The van der Waals surface area contributed by atoms with E-state index in [0.29, 0.717) is 24.8 Å². The number of hydrogen-bond acceptors (Lipinski definition) is 5. The van der Waals surface area contributed by atoms with Crippen molar-refractivity contribution >= 4 is 17.7 Å². The summed E-state index contributed by atoms with van der Waals surface area (Å²) in [7, 11) is 0. The number of aromatic nitrogens is 3. The number of carbonyl (C=O) groups is 1. The first-order valence-corrected chi connectivity index (χ1v) is 8.21. The number of thioether (sulfide) groups is 1. The highest BCUT2D eigenvalue weighted by Crippen LogP contribution is 2.17. The van der Waals surface area contributed by atoms with Crippen LogP contribution in [0.1, 0.15) is 27.2 Å². The molecule has 1 aromatic rings. The Balaban J connectivity index is 1.93. The largest absolute Gasteiger partial charge is 0.372 e. The van der Waals surface area contributed by atoms with E-state index in [1.807, 2.05) is 25.7 Å². The minimum atomic E-state index is -0.222. The van der Waals surface area contributed by atoms with Crippen LogP contribution in [-0.2, 0) is 16.1 Å². The predicted octanol–water partition coefficient (Wildman–Crippen LogP) is 0.709. The van der Waals surface area contributed by atoms with Crippen LogP contribution in [0.3, 0.4) is 0 Å². The Labute approximate surface area is 128 Å². The van der Waals surface area contributed by atoms with Gasteiger partial charge in [-0.1, -0.05) is 18.7 Å². The van der Waals surface area contributed by atoms with E-state index in [2.05, 4.69) is 10.2 Å². The summed E-state index contributed by atoms with van der Waals surface area (Å²) >= 11 is 1.30. The fourth-order valence-corrected chi connectivity index (χ4v) is 3.31. The van der Waals surface area contributed by atoms with Gasteiger partial charge in [0.1, 0.15) is 0 Å². The summed E-state index contributed by atoms with van der Waals surface area (Å²) in [4.78, 5) is 25.7. The molecule has 0 aromatic carbocycles. The third kappa shape index (κ3) is 4.10. The molecular weight excluding hydrogens is 292 g/mol. The van der Waals surface area contributed by atoms with Crippen LogP contribution in [0.2, 0.25) is 0 Å². The van der Waals surface area contributed by atoms with Gasteiger partial charge in [0.05, 0.1) is 18.0 Å². The third-order valence-corrected chi connectivity index (χ3v) is 4.23. The fourth-order valence-electron chi connectivity index (χ4n) is 2.43. The molecule has 8 heteroatoms. The minimum Gasteiger partial charge on any atom is -0.372 e. The van der Waals surface area contributed by atoms with Gasteiger partial charge in [0.25, 0.3) is 0 Å². The molecule has 2 heterocycles. The van der Waals surface area contributed by atoms with Gasteiger partial charge in [-0.05, 0) is 20.3 Å². The number of amides is 1. The molecule has 1 amide bonds. The summed E-state index contributed by atoms with van der Waals surface area (Å²) in [5.41, 5.74) is -0.222. The van der Waals surface area contributed by atoms with E-state index in [0.717, 1.165) is 6.42 Å². The Hall–Kier alpha value is -1.28. The molecule has 1 aliphatic rings. The molecular formula is C13H22N4O3S. The lowest BCUT2D eigenvalue weighted by atomic mass is 10.2. The van der Waals surface area contributed by atoms with Crippen molar-refractivity contribution in [2.45, 2.75) is 51.1 Å². The molecule has 1 aromatic heterocycles. The van der Waals surface area contributed by atoms with Crippen molar-refractivity contribution in [1.29, 1.82) is 0 Å². The van der Waals surface area contributed by atoms with Crippen molar-refractivity contribution in [2.24, 2.45) is 0 Å². The summed E-state index contributed by atoms with van der Waals surface area (Å²) in [5, 5.41) is 6.98. The van der Waals surface area contributed by atoms with Crippen LogP contribution < -0.4 is 5.69 Å². The van der Waals surface area contributed by atoms with E-state index in [9.17, 15) is 9.59 Å². The number of rotatable bonds is 5. The van der Waals surface area contributed by atoms with Gasteiger partial charge >= 0.3 is 5.69 Å². The Morgan fingerprint density at radius 2 is 2.10 bits per heavy atom. The molecule has 2 atom stereocenters. The van der Waals surface area contributed by atoms with Crippen LogP contribution in [0.15, 0.2) is 9.95 Å². The van der Waals surface area contributed by atoms with Gasteiger partial charge in [0, 0.05) is 19.6 Å². The molecule has 0 saturated carbocycles. The highest BCUT2D eigenvalue weighted by Gasteiger charge is 2.26. The SMILES string of the molecule is CCCn1c(SCC(=O)N2C[C@@H](C)O[C@@H](C)C2)n[nH]c1=O. The standard InChI is InChI=1S/C13H22N4O3S/c1-4-5-17-12(19)14-15-13(17)21-8-11(18)16-6-9(2)20-10(3)7-16/h9-10H,4-8H2,1-3H3,(H,14,19)/t9-,10+. The topological polar surface area (TPSA) is 80.2 Å². The number of ether oxygens (including phenoxy) is 1. The molecule has 1 N–H and O–H groups in total. The second-order valence-corrected chi connectivity index (χ2v) is 6.25. The number of nitrogens with zero attached hydrogens (tertiary/aromatic N) is 3. The van der Waals surface area contributed by atoms with Crippen molar-refractivity contribution in [2.75, 3.05) is 18.8 Å². The van der Waals surface area contributed by atoms with Crippen molar-refractivity contribution < 1.29 is 9.53 Å². The number of aromatic amines is 1. The second-order valence-electron chi connectivity index (χ2n) is 5.31. The maximum absolute atomic E-state index is 12.3. The van der Waals surface area contributed by atoms with Gasteiger partial charge in [0.15, 0.2) is 5.16 Å². The summed E-state index contributed by atoms with van der Waals surface area (Å²) in [6.45, 7) is 7.77. The number of nitrogens with one attached hydrogen (secondary N) is 1. The van der Waals surface area contributed by atoms with E-state index in [-0.39, 0.29) is 29.6 Å². The quantitative estimate of drug-likeness (QED) is 0.810. The second kappa shape index (κ2) is 7.13. The molecule has 2 rings (SSSR count). The molecule has 21 heavy (non-hydrogen) atoms. The van der Waals surface area contributed by atoms with Gasteiger partial charge in [-0.2, -0.15) is 0 Å². The fraction of sp³-hybridized carbons (Fsp3) is 0.769. The van der Waals surface area contributed by atoms with Crippen molar-refractivity contribution in [1.82, 2.24) is 19.7 Å². The predicted molar refractivity (Wildman–Crippen MR) is 80.5 cm³/mol. The maximum atomic E-state index is 12.3. The lowest BCUT2D eigenvalue weighted by Gasteiger charge is -2.35. The Kier molecular flexibility index (Phi) is 5.46. The smallest absolute Gasteiger partial charge is 0.343 e. The van der Waals surface area contributed by atoms with Crippen LogP contribution >= 0.6 is 11.8 Å². The molecule has 1 aliphatic heterocycles. The van der Waals surface area contributed by atoms with E-state index >= 15 is 0 Å². The first-order chi connectivity index (χ1) is 10.0. The normalized spacial score (nSPS) is 22.5. The highest BCUT2D eigenvalue weighted by molar-refractivity contribution is 7.99. The summed E-state index contributed by atoms with van der Waals surface area (Å²) in [5.74, 6) is 0.341. The zero-order valence-electron chi connectivity index (χ0n) is 12.7. The van der Waals surface area contributed by atoms with Gasteiger partial charge in [-0.3, -0.25) is 9.36 Å². The maximum Gasteiger partial charge on any atom is 0.343 e. The van der Waals surface area contributed by atoms with E-state index in [4.69, 9.17) is 4.74 Å². The van der Waals surface area contributed by atoms with Crippen molar-refractivity contribution in [3.63, 3.8) is 0 Å².